The van der Waals surface area contributed by atoms with E-state index in [1.807, 2.05) is 0 Å². The third-order valence-electron chi connectivity index (χ3n) is 3.15. The Balaban J connectivity index is 1.93. The minimum Gasteiger partial charge on any atom is -0.481 e. The molecule has 96 valence electrons. The summed E-state index contributed by atoms with van der Waals surface area (Å²) >= 11 is 0. The van der Waals surface area contributed by atoms with Gasteiger partial charge >= 0.3 is 5.97 Å². The maximum Gasteiger partial charge on any atom is 0.306 e. The molecule has 0 saturated heterocycles. The van der Waals surface area contributed by atoms with Crippen LogP contribution in [0.2, 0.25) is 0 Å². The number of rotatable bonds is 3. The van der Waals surface area contributed by atoms with Crippen molar-refractivity contribution in [3.05, 3.63) is 24.3 Å². The molecular formula is C12H15N3O3. The second-order valence-corrected chi connectivity index (χ2v) is 4.46. The highest BCUT2D eigenvalue weighted by Gasteiger charge is 2.28. The number of hydrogen-bond acceptors (Lipinski definition) is 4. The van der Waals surface area contributed by atoms with Crippen molar-refractivity contribution < 1.29 is 14.7 Å². The van der Waals surface area contributed by atoms with Gasteiger partial charge in [-0.3, -0.25) is 14.6 Å². The second-order valence-electron chi connectivity index (χ2n) is 4.46. The summed E-state index contributed by atoms with van der Waals surface area (Å²) in [5.74, 6) is -1.43. The molecule has 6 heteroatoms. The van der Waals surface area contributed by atoms with Crippen molar-refractivity contribution in [1.82, 2.24) is 15.3 Å². The lowest BCUT2D eigenvalue weighted by molar-refractivity contribution is -0.143. The van der Waals surface area contributed by atoms with Gasteiger partial charge in [-0.15, -0.1) is 0 Å². The van der Waals surface area contributed by atoms with Gasteiger partial charge in [0.15, 0.2) is 0 Å². The van der Waals surface area contributed by atoms with Crippen molar-refractivity contribution in [3.63, 3.8) is 0 Å². The quantitative estimate of drug-likeness (QED) is 0.828. The first-order valence-electron chi connectivity index (χ1n) is 5.96. The van der Waals surface area contributed by atoms with Gasteiger partial charge in [-0.05, 0) is 19.3 Å². The number of carboxylic acids is 1. The molecule has 0 bridgehead atoms. The molecule has 1 fully saturated rings. The van der Waals surface area contributed by atoms with E-state index in [4.69, 9.17) is 5.11 Å². The number of hydrogen-bond donors (Lipinski definition) is 2. The summed E-state index contributed by atoms with van der Waals surface area (Å²) < 4.78 is 0. The molecule has 0 aliphatic heterocycles. The standard InChI is InChI=1S/C12H15N3O3/c16-11(10-7-13-4-5-14-10)15-9-3-1-2-8(6-9)12(17)18/h4-5,7-9H,1-3,6H2,(H,15,16)(H,17,18). The topological polar surface area (TPSA) is 92.2 Å². The van der Waals surface area contributed by atoms with E-state index in [9.17, 15) is 9.59 Å². The van der Waals surface area contributed by atoms with E-state index in [1.54, 1.807) is 0 Å². The van der Waals surface area contributed by atoms with E-state index in [-0.39, 0.29) is 23.6 Å². The van der Waals surface area contributed by atoms with Gasteiger partial charge in [0.1, 0.15) is 5.69 Å². The van der Waals surface area contributed by atoms with Gasteiger partial charge in [0.05, 0.1) is 12.1 Å². The van der Waals surface area contributed by atoms with Crippen LogP contribution in [-0.2, 0) is 4.79 Å². The van der Waals surface area contributed by atoms with Crippen LogP contribution in [0.4, 0.5) is 0 Å². The molecule has 2 rings (SSSR count). The minimum absolute atomic E-state index is 0.0886. The van der Waals surface area contributed by atoms with Gasteiger partial charge in [0, 0.05) is 18.4 Å². The van der Waals surface area contributed by atoms with E-state index < -0.39 is 5.97 Å². The molecule has 1 aromatic heterocycles. The summed E-state index contributed by atoms with van der Waals surface area (Å²) in [7, 11) is 0. The van der Waals surface area contributed by atoms with Crippen molar-refractivity contribution in [1.29, 1.82) is 0 Å². The van der Waals surface area contributed by atoms with Crippen molar-refractivity contribution in [3.8, 4) is 0 Å². The predicted molar refractivity (Wildman–Crippen MR) is 62.9 cm³/mol. The molecule has 6 nitrogen and oxygen atoms in total. The molecule has 1 heterocycles. The largest absolute Gasteiger partial charge is 0.481 e. The lowest BCUT2D eigenvalue weighted by atomic mass is 9.86. The Morgan fingerprint density at radius 1 is 1.33 bits per heavy atom. The third-order valence-corrected chi connectivity index (χ3v) is 3.15. The average Bonchev–Trinajstić information content (AvgIpc) is 2.40. The molecule has 0 aromatic carbocycles. The smallest absolute Gasteiger partial charge is 0.306 e. The Hall–Kier alpha value is -1.98. The van der Waals surface area contributed by atoms with Crippen LogP contribution in [-0.4, -0.2) is 33.0 Å². The fourth-order valence-electron chi connectivity index (χ4n) is 2.22. The molecule has 2 N–H and O–H groups in total. The number of carbonyl (C=O) groups excluding carboxylic acids is 1. The molecule has 1 amide bonds. The Morgan fingerprint density at radius 2 is 2.17 bits per heavy atom. The first-order valence-corrected chi connectivity index (χ1v) is 5.96. The van der Waals surface area contributed by atoms with E-state index in [2.05, 4.69) is 15.3 Å². The van der Waals surface area contributed by atoms with Gasteiger partial charge in [-0.2, -0.15) is 0 Å². The minimum atomic E-state index is -0.784. The fourth-order valence-corrected chi connectivity index (χ4v) is 2.22. The van der Waals surface area contributed by atoms with E-state index in [1.165, 1.54) is 18.6 Å². The van der Waals surface area contributed by atoms with Gasteiger partial charge in [0.25, 0.3) is 5.91 Å². The molecule has 2 unspecified atom stereocenters. The summed E-state index contributed by atoms with van der Waals surface area (Å²) in [5.41, 5.74) is 0.259. The van der Waals surface area contributed by atoms with Crippen molar-refractivity contribution >= 4 is 11.9 Å². The Kier molecular flexibility index (Phi) is 3.86. The number of nitrogens with one attached hydrogen (secondary N) is 1. The maximum absolute atomic E-state index is 11.8. The van der Waals surface area contributed by atoms with Crippen LogP contribution in [0.25, 0.3) is 0 Å². The summed E-state index contributed by atoms with van der Waals surface area (Å²) in [5, 5.41) is 11.8. The first kappa shape index (κ1) is 12.5. The predicted octanol–water partition coefficient (Wildman–Crippen LogP) is 0.850. The Bertz CT molecular complexity index is 435. The van der Waals surface area contributed by atoms with Crippen LogP contribution in [0, 0.1) is 5.92 Å². The molecular weight excluding hydrogens is 234 g/mol. The van der Waals surface area contributed by atoms with E-state index in [0.717, 1.165) is 12.8 Å². The summed E-state index contributed by atoms with van der Waals surface area (Å²) in [6.07, 6.45) is 7.16. The normalized spacial score (nSPS) is 23.3. The molecule has 18 heavy (non-hydrogen) atoms. The van der Waals surface area contributed by atoms with Crippen molar-refractivity contribution in [2.75, 3.05) is 0 Å². The highest BCUT2D eigenvalue weighted by Crippen LogP contribution is 2.24. The van der Waals surface area contributed by atoms with Gasteiger partial charge in [-0.1, -0.05) is 6.42 Å². The molecule has 0 radical (unpaired) electrons. The van der Waals surface area contributed by atoms with Crippen LogP contribution >= 0.6 is 0 Å². The number of carboxylic acid groups (broad SMARTS) is 1. The highest BCUT2D eigenvalue weighted by atomic mass is 16.4. The van der Waals surface area contributed by atoms with Gasteiger partial charge in [-0.25, -0.2) is 4.98 Å². The number of nitrogens with zero attached hydrogens (tertiary/aromatic N) is 2. The van der Waals surface area contributed by atoms with E-state index >= 15 is 0 Å². The first-order chi connectivity index (χ1) is 8.66. The number of aromatic nitrogens is 2. The summed E-state index contributed by atoms with van der Waals surface area (Å²) in [6.45, 7) is 0. The summed E-state index contributed by atoms with van der Waals surface area (Å²) in [6, 6.07) is -0.0886. The third kappa shape index (κ3) is 3.03. The van der Waals surface area contributed by atoms with Crippen molar-refractivity contribution in [2.45, 2.75) is 31.7 Å². The molecule has 2 atom stereocenters. The van der Waals surface area contributed by atoms with Crippen LogP contribution in [0.1, 0.15) is 36.2 Å². The lowest BCUT2D eigenvalue weighted by Gasteiger charge is -2.27. The number of carbonyl (C=O) groups is 2. The average molecular weight is 249 g/mol. The number of amides is 1. The van der Waals surface area contributed by atoms with Crippen LogP contribution in [0.3, 0.4) is 0 Å². The zero-order valence-corrected chi connectivity index (χ0v) is 9.87. The molecule has 1 aliphatic carbocycles. The van der Waals surface area contributed by atoms with Crippen LogP contribution in [0.15, 0.2) is 18.6 Å². The van der Waals surface area contributed by atoms with Crippen LogP contribution in [0.5, 0.6) is 0 Å². The monoisotopic (exact) mass is 249 g/mol. The molecule has 1 aromatic rings. The zero-order chi connectivity index (χ0) is 13.0. The van der Waals surface area contributed by atoms with Crippen molar-refractivity contribution in [2.24, 2.45) is 5.92 Å². The number of aliphatic carboxylic acids is 1. The second kappa shape index (κ2) is 5.57. The molecule has 0 spiro atoms. The van der Waals surface area contributed by atoms with Gasteiger partial charge in [0.2, 0.25) is 0 Å². The fraction of sp³-hybridized carbons (Fsp3) is 0.500. The Labute approximate surface area is 104 Å². The lowest BCUT2D eigenvalue weighted by Crippen LogP contribution is -2.40. The van der Waals surface area contributed by atoms with Crippen LogP contribution < -0.4 is 5.32 Å². The Morgan fingerprint density at radius 3 is 2.83 bits per heavy atom. The molecule has 1 saturated carbocycles. The zero-order valence-electron chi connectivity index (χ0n) is 9.87. The van der Waals surface area contributed by atoms with E-state index in [0.29, 0.717) is 12.8 Å². The molecule has 1 aliphatic rings. The summed E-state index contributed by atoms with van der Waals surface area (Å²) in [4.78, 5) is 30.5. The SMILES string of the molecule is O=C(NC1CCCC(C(=O)O)C1)c1cnccn1. The highest BCUT2D eigenvalue weighted by molar-refractivity contribution is 5.92. The van der Waals surface area contributed by atoms with Gasteiger partial charge < -0.3 is 10.4 Å². The maximum atomic E-state index is 11.8.